The molecule has 6 nitrogen and oxygen atoms in total. The Labute approximate surface area is 168 Å². The van der Waals surface area contributed by atoms with Crippen LogP contribution in [0.3, 0.4) is 0 Å². The van der Waals surface area contributed by atoms with E-state index in [2.05, 4.69) is 47.2 Å². The third kappa shape index (κ3) is 5.47. The zero-order valence-corrected chi connectivity index (χ0v) is 17.4. The number of carbonyl (C=O) groups excluding carboxylic acids is 2. The first-order valence-corrected chi connectivity index (χ1v) is 10.7. The zero-order valence-electron chi connectivity index (χ0n) is 17.4. The van der Waals surface area contributed by atoms with E-state index in [4.69, 9.17) is 0 Å². The Bertz CT molecular complexity index is 683. The van der Waals surface area contributed by atoms with Gasteiger partial charge in [-0.2, -0.15) is 0 Å². The van der Waals surface area contributed by atoms with Crippen LogP contribution in [0, 0.1) is 6.92 Å². The van der Waals surface area contributed by atoms with Gasteiger partial charge in [0, 0.05) is 45.0 Å². The van der Waals surface area contributed by atoms with Gasteiger partial charge in [-0.25, -0.2) is 0 Å². The molecule has 0 aromatic heterocycles. The summed E-state index contributed by atoms with van der Waals surface area (Å²) >= 11 is 0. The number of hydrogen-bond donors (Lipinski definition) is 1. The van der Waals surface area contributed by atoms with Crippen molar-refractivity contribution in [2.24, 2.45) is 0 Å². The predicted octanol–water partition coefficient (Wildman–Crippen LogP) is 1.81. The summed E-state index contributed by atoms with van der Waals surface area (Å²) in [6.45, 7) is 9.76. The minimum atomic E-state index is 0.0912. The first-order valence-electron chi connectivity index (χ1n) is 10.7. The van der Waals surface area contributed by atoms with Crippen molar-refractivity contribution in [3.05, 3.63) is 29.3 Å². The molecule has 0 unspecified atom stereocenters. The van der Waals surface area contributed by atoms with E-state index in [0.29, 0.717) is 26.2 Å². The summed E-state index contributed by atoms with van der Waals surface area (Å²) in [6.07, 6.45) is 4.31. The molecule has 2 aliphatic rings. The molecule has 0 atom stereocenters. The van der Waals surface area contributed by atoms with Crippen LogP contribution in [-0.2, 0) is 16.0 Å². The van der Waals surface area contributed by atoms with E-state index in [1.165, 1.54) is 16.8 Å². The zero-order chi connectivity index (χ0) is 19.9. The molecule has 1 fully saturated rings. The molecule has 0 saturated carbocycles. The van der Waals surface area contributed by atoms with Crippen LogP contribution in [0.2, 0.25) is 0 Å². The van der Waals surface area contributed by atoms with Gasteiger partial charge in [0.15, 0.2) is 0 Å². The highest BCUT2D eigenvalue weighted by molar-refractivity contribution is 5.82. The minimum Gasteiger partial charge on any atom is -0.362 e. The van der Waals surface area contributed by atoms with Crippen molar-refractivity contribution in [2.75, 3.05) is 57.3 Å². The number of amides is 2. The molecule has 0 radical (unpaired) electrons. The predicted molar refractivity (Wildman–Crippen MR) is 113 cm³/mol. The summed E-state index contributed by atoms with van der Waals surface area (Å²) in [4.78, 5) is 31.1. The van der Waals surface area contributed by atoms with Crippen LogP contribution in [-0.4, -0.2) is 74.0 Å². The van der Waals surface area contributed by atoms with Gasteiger partial charge in [-0.05, 0) is 37.8 Å². The molecule has 2 heterocycles. The summed E-state index contributed by atoms with van der Waals surface area (Å²) in [5, 5.41) is 2.96. The van der Waals surface area contributed by atoms with Gasteiger partial charge in [0.2, 0.25) is 11.8 Å². The van der Waals surface area contributed by atoms with Crippen molar-refractivity contribution < 1.29 is 9.59 Å². The molecule has 1 aromatic rings. The Morgan fingerprint density at radius 1 is 1.07 bits per heavy atom. The van der Waals surface area contributed by atoms with Gasteiger partial charge in [-0.3, -0.25) is 14.5 Å². The Hall–Kier alpha value is -2.08. The Morgan fingerprint density at radius 2 is 1.86 bits per heavy atom. The maximum Gasteiger partial charge on any atom is 0.242 e. The lowest BCUT2D eigenvalue weighted by atomic mass is 9.99. The van der Waals surface area contributed by atoms with Gasteiger partial charge < -0.3 is 15.1 Å². The number of rotatable bonds is 7. The Balaban J connectivity index is 1.45. The number of nitrogens with one attached hydrogen (secondary N) is 1. The summed E-state index contributed by atoms with van der Waals surface area (Å²) in [7, 11) is 0. The molecular weight excluding hydrogens is 352 g/mol. The fourth-order valence-corrected chi connectivity index (χ4v) is 4.05. The van der Waals surface area contributed by atoms with E-state index in [9.17, 15) is 9.59 Å². The highest BCUT2D eigenvalue weighted by atomic mass is 16.2. The van der Waals surface area contributed by atoms with Gasteiger partial charge in [-0.15, -0.1) is 0 Å². The normalized spacial score (nSPS) is 17.4. The third-order valence-electron chi connectivity index (χ3n) is 5.72. The van der Waals surface area contributed by atoms with Gasteiger partial charge in [0.25, 0.3) is 0 Å². The summed E-state index contributed by atoms with van der Waals surface area (Å²) in [6, 6.07) is 6.54. The molecule has 2 aliphatic heterocycles. The number of fused-ring (bicyclic) bond motifs is 1. The van der Waals surface area contributed by atoms with Gasteiger partial charge in [0.1, 0.15) is 0 Å². The average molecular weight is 387 g/mol. The number of hydrogen-bond acceptors (Lipinski definition) is 4. The fraction of sp³-hybridized carbons (Fsp3) is 0.636. The van der Waals surface area contributed by atoms with Gasteiger partial charge >= 0.3 is 0 Å². The number of unbranched alkanes of at least 4 members (excludes halogenated alkanes) is 1. The molecule has 6 heteroatoms. The van der Waals surface area contributed by atoms with Gasteiger partial charge in [-0.1, -0.05) is 31.0 Å². The number of nitrogens with zero attached hydrogens (tertiary/aromatic N) is 3. The molecule has 1 aromatic carbocycles. The van der Waals surface area contributed by atoms with Crippen molar-refractivity contribution in [3.63, 3.8) is 0 Å². The molecular formula is C22H34N4O2. The highest BCUT2D eigenvalue weighted by Crippen LogP contribution is 2.27. The monoisotopic (exact) mass is 386 g/mol. The van der Waals surface area contributed by atoms with E-state index in [1.807, 2.05) is 4.90 Å². The van der Waals surface area contributed by atoms with E-state index >= 15 is 0 Å². The van der Waals surface area contributed by atoms with Crippen molar-refractivity contribution in [2.45, 2.75) is 39.5 Å². The second-order valence-corrected chi connectivity index (χ2v) is 8.02. The minimum absolute atomic E-state index is 0.0912. The second-order valence-electron chi connectivity index (χ2n) is 8.02. The van der Waals surface area contributed by atoms with Crippen LogP contribution in [0.25, 0.3) is 0 Å². The number of aryl methyl sites for hydroxylation is 2. The maximum atomic E-state index is 12.8. The van der Waals surface area contributed by atoms with E-state index < -0.39 is 0 Å². The number of carbonyl (C=O) groups is 2. The van der Waals surface area contributed by atoms with Crippen LogP contribution < -0.4 is 10.2 Å². The summed E-state index contributed by atoms with van der Waals surface area (Å²) in [5.41, 5.74) is 3.85. The Kier molecular flexibility index (Phi) is 7.31. The van der Waals surface area contributed by atoms with Crippen molar-refractivity contribution in [1.82, 2.24) is 15.1 Å². The SMILES string of the molecule is CCCCNC(=O)CN1CCN(C(=O)CN2CCCc3cc(C)ccc32)CC1. The highest BCUT2D eigenvalue weighted by Gasteiger charge is 2.25. The first kappa shape index (κ1) is 20.6. The van der Waals surface area contributed by atoms with Crippen LogP contribution in [0.5, 0.6) is 0 Å². The van der Waals surface area contributed by atoms with E-state index in [1.54, 1.807) is 0 Å². The largest absolute Gasteiger partial charge is 0.362 e. The molecule has 0 aliphatic carbocycles. The molecule has 154 valence electrons. The molecule has 3 rings (SSSR count). The van der Waals surface area contributed by atoms with Crippen molar-refractivity contribution >= 4 is 17.5 Å². The summed E-state index contributed by atoms with van der Waals surface area (Å²) in [5.74, 6) is 0.286. The van der Waals surface area contributed by atoms with E-state index in [0.717, 1.165) is 51.9 Å². The fourth-order valence-electron chi connectivity index (χ4n) is 4.05. The molecule has 2 amide bonds. The first-order chi connectivity index (χ1) is 13.6. The lowest BCUT2D eigenvalue weighted by Crippen LogP contribution is -2.53. The van der Waals surface area contributed by atoms with Crippen molar-refractivity contribution in [1.29, 1.82) is 0 Å². The van der Waals surface area contributed by atoms with Crippen LogP contribution in [0.4, 0.5) is 5.69 Å². The molecule has 1 saturated heterocycles. The van der Waals surface area contributed by atoms with Crippen LogP contribution in [0.1, 0.15) is 37.3 Å². The standard InChI is InChI=1S/C22H34N4O2/c1-3-4-9-23-21(27)16-24-11-13-25(14-12-24)22(28)17-26-10-5-6-19-15-18(2)7-8-20(19)26/h7-8,15H,3-6,9-14,16-17H2,1-2H3,(H,23,27). The van der Waals surface area contributed by atoms with Crippen molar-refractivity contribution in [3.8, 4) is 0 Å². The molecule has 28 heavy (non-hydrogen) atoms. The average Bonchev–Trinajstić information content (AvgIpc) is 2.68. The smallest absolute Gasteiger partial charge is 0.242 e. The molecule has 0 spiro atoms. The number of benzene rings is 1. The number of anilines is 1. The van der Waals surface area contributed by atoms with Crippen LogP contribution >= 0.6 is 0 Å². The van der Waals surface area contributed by atoms with E-state index in [-0.39, 0.29) is 11.8 Å². The molecule has 0 bridgehead atoms. The summed E-state index contributed by atoms with van der Waals surface area (Å²) < 4.78 is 0. The quantitative estimate of drug-likeness (QED) is 0.726. The van der Waals surface area contributed by atoms with Crippen LogP contribution in [0.15, 0.2) is 18.2 Å². The third-order valence-corrected chi connectivity index (χ3v) is 5.72. The Morgan fingerprint density at radius 3 is 2.61 bits per heavy atom. The lowest BCUT2D eigenvalue weighted by molar-refractivity contribution is -0.131. The topological polar surface area (TPSA) is 55.9 Å². The molecule has 1 N–H and O–H groups in total. The maximum absolute atomic E-state index is 12.8. The second kappa shape index (κ2) is 9.92. The van der Waals surface area contributed by atoms with Gasteiger partial charge in [0.05, 0.1) is 13.1 Å². The number of piperazine rings is 1. The lowest BCUT2D eigenvalue weighted by Gasteiger charge is -2.37.